The minimum atomic E-state index is 0.793. The molecule has 16 heavy (non-hydrogen) atoms. The fourth-order valence-electron chi connectivity index (χ4n) is 1.70. The third kappa shape index (κ3) is 1.35. The number of fused-ring (bicyclic) bond motifs is 1. The molecule has 0 aliphatic carbocycles. The van der Waals surface area contributed by atoms with Crippen molar-refractivity contribution in [2.24, 2.45) is 0 Å². The lowest BCUT2D eigenvalue weighted by Crippen LogP contribution is -1.88. The van der Waals surface area contributed by atoms with Gasteiger partial charge in [-0.2, -0.15) is 0 Å². The fourth-order valence-corrected chi connectivity index (χ4v) is 1.70. The first-order valence-corrected chi connectivity index (χ1v) is 5.06. The number of hydrogen-bond donors (Lipinski definition) is 1. The Morgan fingerprint density at radius 3 is 2.94 bits per heavy atom. The zero-order chi connectivity index (χ0) is 11.0. The van der Waals surface area contributed by atoms with Crippen LogP contribution in [0.3, 0.4) is 0 Å². The Kier molecular flexibility index (Phi) is 1.93. The van der Waals surface area contributed by atoms with Gasteiger partial charge in [0.15, 0.2) is 5.82 Å². The topological polar surface area (TPSA) is 54.5 Å². The van der Waals surface area contributed by atoms with Gasteiger partial charge in [0, 0.05) is 12.4 Å². The largest absolute Gasteiger partial charge is 0.335 e. The van der Waals surface area contributed by atoms with Gasteiger partial charge < -0.3 is 4.98 Å². The highest BCUT2D eigenvalue weighted by atomic mass is 15.0. The van der Waals surface area contributed by atoms with Gasteiger partial charge in [0.05, 0.1) is 17.2 Å². The van der Waals surface area contributed by atoms with Crippen molar-refractivity contribution in [2.75, 3.05) is 0 Å². The third-order valence-electron chi connectivity index (χ3n) is 2.52. The number of aromatic amines is 1. The van der Waals surface area contributed by atoms with E-state index in [-0.39, 0.29) is 0 Å². The highest BCUT2D eigenvalue weighted by Gasteiger charge is 2.07. The van der Waals surface area contributed by atoms with Crippen LogP contribution in [0, 0.1) is 6.92 Å². The van der Waals surface area contributed by atoms with Gasteiger partial charge in [0.2, 0.25) is 0 Å². The maximum atomic E-state index is 4.49. The number of pyridine rings is 2. The first-order valence-electron chi connectivity index (χ1n) is 5.06. The first kappa shape index (κ1) is 9.03. The molecule has 4 nitrogen and oxygen atoms in total. The standard InChI is InChI=1S/C12H10N4/c1-8-3-2-5-14-11(8)12-15-9-4-6-13-7-10(9)16-12/h2-7H,1H3,(H,15,16). The van der Waals surface area contributed by atoms with E-state index in [1.165, 1.54) is 0 Å². The van der Waals surface area contributed by atoms with Crippen LogP contribution in [0.25, 0.3) is 22.6 Å². The molecule has 3 heterocycles. The van der Waals surface area contributed by atoms with Crippen molar-refractivity contribution in [3.63, 3.8) is 0 Å². The average Bonchev–Trinajstić information content (AvgIpc) is 2.73. The maximum absolute atomic E-state index is 4.49. The Bertz CT molecular complexity index is 609. The second-order valence-electron chi connectivity index (χ2n) is 3.65. The Labute approximate surface area is 92.4 Å². The Balaban J connectivity index is 2.23. The Morgan fingerprint density at radius 2 is 2.12 bits per heavy atom. The average molecular weight is 210 g/mol. The zero-order valence-corrected chi connectivity index (χ0v) is 8.81. The molecule has 4 heteroatoms. The van der Waals surface area contributed by atoms with E-state index in [1.807, 2.05) is 25.1 Å². The number of nitrogens with one attached hydrogen (secondary N) is 1. The molecule has 0 aromatic carbocycles. The molecular weight excluding hydrogens is 200 g/mol. The lowest BCUT2D eigenvalue weighted by molar-refractivity contribution is 1.20. The zero-order valence-electron chi connectivity index (χ0n) is 8.81. The minimum absolute atomic E-state index is 0.793. The van der Waals surface area contributed by atoms with Crippen LogP contribution >= 0.6 is 0 Å². The van der Waals surface area contributed by atoms with E-state index in [9.17, 15) is 0 Å². The summed E-state index contributed by atoms with van der Waals surface area (Å²) in [6.45, 7) is 2.02. The second-order valence-corrected chi connectivity index (χ2v) is 3.65. The van der Waals surface area contributed by atoms with E-state index >= 15 is 0 Å². The van der Waals surface area contributed by atoms with Crippen molar-refractivity contribution in [3.8, 4) is 11.5 Å². The predicted octanol–water partition coefficient (Wildman–Crippen LogP) is 2.33. The molecule has 0 amide bonds. The van der Waals surface area contributed by atoms with E-state index in [1.54, 1.807) is 18.6 Å². The van der Waals surface area contributed by atoms with E-state index in [4.69, 9.17) is 0 Å². The number of aryl methyl sites for hydroxylation is 1. The van der Waals surface area contributed by atoms with Gasteiger partial charge in [-0.05, 0) is 24.6 Å². The molecule has 3 rings (SSSR count). The summed E-state index contributed by atoms with van der Waals surface area (Å²) in [5, 5.41) is 0. The van der Waals surface area contributed by atoms with Crippen LogP contribution in [0.2, 0.25) is 0 Å². The molecule has 78 valence electrons. The van der Waals surface area contributed by atoms with Gasteiger partial charge in [0.1, 0.15) is 5.69 Å². The SMILES string of the molecule is Cc1cccnc1-c1nc2ccncc2[nH]1. The lowest BCUT2D eigenvalue weighted by atomic mass is 10.2. The highest BCUT2D eigenvalue weighted by molar-refractivity contribution is 5.77. The number of imidazole rings is 1. The number of aromatic nitrogens is 4. The van der Waals surface area contributed by atoms with E-state index in [0.717, 1.165) is 28.1 Å². The number of nitrogens with zero attached hydrogens (tertiary/aromatic N) is 3. The van der Waals surface area contributed by atoms with Crippen LogP contribution in [-0.2, 0) is 0 Å². The molecule has 0 radical (unpaired) electrons. The van der Waals surface area contributed by atoms with Crippen LogP contribution in [0.15, 0.2) is 36.8 Å². The Morgan fingerprint density at radius 1 is 1.19 bits per heavy atom. The highest BCUT2D eigenvalue weighted by Crippen LogP contribution is 2.20. The minimum Gasteiger partial charge on any atom is -0.335 e. The van der Waals surface area contributed by atoms with Crippen molar-refractivity contribution in [1.82, 2.24) is 19.9 Å². The molecule has 0 saturated carbocycles. The molecule has 0 aliphatic rings. The normalized spacial score (nSPS) is 10.8. The fraction of sp³-hybridized carbons (Fsp3) is 0.0833. The van der Waals surface area contributed by atoms with Gasteiger partial charge in [-0.3, -0.25) is 9.97 Å². The van der Waals surface area contributed by atoms with Crippen molar-refractivity contribution in [1.29, 1.82) is 0 Å². The van der Waals surface area contributed by atoms with Crippen LogP contribution < -0.4 is 0 Å². The van der Waals surface area contributed by atoms with Crippen molar-refractivity contribution in [2.45, 2.75) is 6.92 Å². The molecule has 0 bridgehead atoms. The summed E-state index contributed by atoms with van der Waals surface area (Å²) in [6.07, 6.45) is 5.27. The summed E-state index contributed by atoms with van der Waals surface area (Å²) in [5.74, 6) is 0.793. The number of hydrogen-bond acceptors (Lipinski definition) is 3. The molecular formula is C12H10N4. The molecule has 0 spiro atoms. The summed E-state index contributed by atoms with van der Waals surface area (Å²) < 4.78 is 0. The molecule has 1 N–H and O–H groups in total. The van der Waals surface area contributed by atoms with Gasteiger partial charge >= 0.3 is 0 Å². The molecule has 0 aliphatic heterocycles. The first-order chi connectivity index (χ1) is 7.84. The van der Waals surface area contributed by atoms with Crippen LogP contribution in [0.4, 0.5) is 0 Å². The second kappa shape index (κ2) is 3.41. The molecule has 3 aromatic rings. The van der Waals surface area contributed by atoms with Crippen molar-refractivity contribution in [3.05, 3.63) is 42.4 Å². The van der Waals surface area contributed by atoms with E-state index < -0.39 is 0 Å². The van der Waals surface area contributed by atoms with E-state index in [2.05, 4.69) is 19.9 Å². The maximum Gasteiger partial charge on any atom is 0.157 e. The number of H-pyrrole nitrogens is 1. The summed E-state index contributed by atoms with van der Waals surface area (Å²) in [7, 11) is 0. The quantitative estimate of drug-likeness (QED) is 0.670. The van der Waals surface area contributed by atoms with Gasteiger partial charge in [-0.15, -0.1) is 0 Å². The molecule has 0 atom stereocenters. The molecule has 0 unspecified atom stereocenters. The Hall–Kier alpha value is -2.23. The van der Waals surface area contributed by atoms with E-state index in [0.29, 0.717) is 0 Å². The van der Waals surface area contributed by atoms with Crippen molar-refractivity contribution < 1.29 is 0 Å². The predicted molar refractivity (Wildman–Crippen MR) is 61.9 cm³/mol. The summed E-state index contributed by atoms with van der Waals surface area (Å²) in [5.41, 5.74) is 3.84. The summed E-state index contributed by atoms with van der Waals surface area (Å²) in [6, 6.07) is 5.82. The van der Waals surface area contributed by atoms with Crippen LogP contribution in [0.5, 0.6) is 0 Å². The summed E-state index contributed by atoms with van der Waals surface area (Å²) in [4.78, 5) is 16.1. The van der Waals surface area contributed by atoms with Crippen LogP contribution in [-0.4, -0.2) is 19.9 Å². The van der Waals surface area contributed by atoms with Gasteiger partial charge in [-0.1, -0.05) is 6.07 Å². The monoisotopic (exact) mass is 210 g/mol. The molecule has 3 aromatic heterocycles. The van der Waals surface area contributed by atoms with Crippen molar-refractivity contribution >= 4 is 11.0 Å². The number of rotatable bonds is 1. The molecule has 0 fully saturated rings. The van der Waals surface area contributed by atoms with Gasteiger partial charge in [0.25, 0.3) is 0 Å². The van der Waals surface area contributed by atoms with Crippen LogP contribution in [0.1, 0.15) is 5.56 Å². The third-order valence-corrected chi connectivity index (χ3v) is 2.52. The lowest BCUT2D eigenvalue weighted by Gasteiger charge is -1.98. The molecule has 0 saturated heterocycles. The smallest absolute Gasteiger partial charge is 0.157 e. The van der Waals surface area contributed by atoms with Gasteiger partial charge in [-0.25, -0.2) is 4.98 Å². The summed E-state index contributed by atoms with van der Waals surface area (Å²) >= 11 is 0.